The minimum Gasteiger partial charge on any atom is -0.296 e. The number of halogens is 2. The lowest BCUT2D eigenvalue weighted by molar-refractivity contribution is 1.16. The topological polar surface area (TPSA) is 38.1 Å². The van der Waals surface area contributed by atoms with E-state index < -0.39 is 0 Å². The minimum absolute atomic E-state index is 0.142. The van der Waals surface area contributed by atoms with E-state index >= 15 is 0 Å². The molecule has 0 bridgehead atoms. The number of aliphatic imine (C=N–C) groups is 1. The van der Waals surface area contributed by atoms with Crippen LogP contribution in [0.4, 0.5) is 0 Å². The SMILES string of the molecule is CN=Cc1cnc(Cl)nc1Cl. The van der Waals surface area contributed by atoms with Crippen LogP contribution in [0.15, 0.2) is 11.2 Å². The van der Waals surface area contributed by atoms with Gasteiger partial charge in [0.1, 0.15) is 5.15 Å². The van der Waals surface area contributed by atoms with Gasteiger partial charge in [-0.15, -0.1) is 0 Å². The summed E-state index contributed by atoms with van der Waals surface area (Å²) in [5.41, 5.74) is 0.665. The monoisotopic (exact) mass is 189 g/mol. The largest absolute Gasteiger partial charge is 0.296 e. The van der Waals surface area contributed by atoms with Crippen molar-refractivity contribution in [2.24, 2.45) is 4.99 Å². The molecule has 1 aromatic heterocycles. The highest BCUT2D eigenvalue weighted by Crippen LogP contribution is 2.11. The minimum atomic E-state index is 0.142. The Hall–Kier alpha value is -0.670. The normalized spacial score (nSPS) is 10.8. The number of aromatic nitrogens is 2. The van der Waals surface area contributed by atoms with Crippen molar-refractivity contribution < 1.29 is 0 Å². The number of rotatable bonds is 1. The van der Waals surface area contributed by atoms with Crippen molar-refractivity contribution in [3.63, 3.8) is 0 Å². The van der Waals surface area contributed by atoms with Crippen LogP contribution in [0.3, 0.4) is 0 Å². The molecule has 0 aliphatic rings. The van der Waals surface area contributed by atoms with Gasteiger partial charge in [-0.1, -0.05) is 11.6 Å². The Kier molecular flexibility index (Phi) is 2.79. The molecule has 0 saturated heterocycles. The molecule has 0 radical (unpaired) electrons. The second kappa shape index (κ2) is 3.64. The molecule has 1 rings (SSSR count). The summed E-state index contributed by atoms with van der Waals surface area (Å²) in [4.78, 5) is 11.2. The van der Waals surface area contributed by atoms with Gasteiger partial charge < -0.3 is 0 Å². The zero-order valence-electron chi connectivity index (χ0n) is 5.75. The lowest BCUT2D eigenvalue weighted by Gasteiger charge is -1.94. The molecule has 1 aromatic rings. The molecule has 5 heteroatoms. The zero-order valence-corrected chi connectivity index (χ0v) is 7.26. The second-order valence-corrected chi connectivity index (χ2v) is 2.47. The summed E-state index contributed by atoms with van der Waals surface area (Å²) in [6.45, 7) is 0. The van der Waals surface area contributed by atoms with Crippen LogP contribution >= 0.6 is 23.2 Å². The van der Waals surface area contributed by atoms with E-state index in [2.05, 4.69) is 15.0 Å². The van der Waals surface area contributed by atoms with E-state index in [1.165, 1.54) is 6.20 Å². The molecule has 11 heavy (non-hydrogen) atoms. The first kappa shape index (κ1) is 8.43. The summed E-state index contributed by atoms with van der Waals surface area (Å²) in [5, 5.41) is 0.457. The van der Waals surface area contributed by atoms with Crippen molar-refractivity contribution >= 4 is 29.4 Å². The maximum absolute atomic E-state index is 5.68. The fraction of sp³-hybridized carbons (Fsp3) is 0.167. The van der Waals surface area contributed by atoms with Crippen LogP contribution in [0.5, 0.6) is 0 Å². The molecule has 0 amide bonds. The highest BCUT2D eigenvalue weighted by molar-refractivity contribution is 6.33. The smallest absolute Gasteiger partial charge is 0.223 e. The molecule has 3 nitrogen and oxygen atoms in total. The van der Waals surface area contributed by atoms with Crippen LogP contribution in [0, 0.1) is 0 Å². The molecule has 0 aliphatic carbocycles. The third-order valence-electron chi connectivity index (χ3n) is 1.01. The Morgan fingerprint density at radius 2 is 2.27 bits per heavy atom. The van der Waals surface area contributed by atoms with Crippen LogP contribution in [0.2, 0.25) is 10.4 Å². The van der Waals surface area contributed by atoms with Gasteiger partial charge >= 0.3 is 0 Å². The van der Waals surface area contributed by atoms with Crippen LogP contribution in [-0.4, -0.2) is 23.2 Å². The van der Waals surface area contributed by atoms with Gasteiger partial charge in [0.2, 0.25) is 5.28 Å². The predicted molar refractivity (Wildman–Crippen MR) is 45.6 cm³/mol. The van der Waals surface area contributed by atoms with Gasteiger partial charge in [-0.3, -0.25) is 4.99 Å². The Bertz CT molecular complexity index is 285. The van der Waals surface area contributed by atoms with Crippen molar-refractivity contribution in [1.29, 1.82) is 0 Å². The van der Waals surface area contributed by atoms with Crippen LogP contribution in [0.25, 0.3) is 0 Å². The van der Waals surface area contributed by atoms with E-state index in [1.54, 1.807) is 13.3 Å². The van der Waals surface area contributed by atoms with Crippen LogP contribution < -0.4 is 0 Å². The average molecular weight is 190 g/mol. The quantitative estimate of drug-likeness (QED) is 0.385. The fourth-order valence-electron chi connectivity index (χ4n) is 0.576. The molecule has 0 aliphatic heterocycles. The molecular weight excluding hydrogens is 185 g/mol. The van der Waals surface area contributed by atoms with Crippen molar-refractivity contribution in [2.75, 3.05) is 7.05 Å². The lowest BCUT2D eigenvalue weighted by Crippen LogP contribution is -1.89. The van der Waals surface area contributed by atoms with E-state index in [9.17, 15) is 0 Å². The lowest BCUT2D eigenvalue weighted by atomic mass is 10.4. The van der Waals surface area contributed by atoms with E-state index in [1.807, 2.05) is 0 Å². The molecule has 0 saturated carbocycles. The Labute approximate surface area is 74.1 Å². The first-order valence-corrected chi connectivity index (χ1v) is 3.60. The summed E-state index contributed by atoms with van der Waals surface area (Å²) >= 11 is 11.1. The Morgan fingerprint density at radius 3 is 2.82 bits per heavy atom. The standard InChI is InChI=1S/C6H5Cl2N3/c1-9-2-4-3-10-6(8)11-5(4)7/h2-3H,1H3. The number of hydrogen-bond acceptors (Lipinski definition) is 3. The molecule has 1 heterocycles. The maximum atomic E-state index is 5.68. The molecule has 0 unspecified atom stereocenters. The van der Waals surface area contributed by atoms with Gasteiger partial charge in [0.05, 0.1) is 0 Å². The Balaban J connectivity index is 3.09. The van der Waals surface area contributed by atoms with Crippen molar-refractivity contribution in [2.45, 2.75) is 0 Å². The maximum Gasteiger partial charge on any atom is 0.223 e. The van der Waals surface area contributed by atoms with E-state index in [4.69, 9.17) is 23.2 Å². The van der Waals surface area contributed by atoms with Gasteiger partial charge in [-0.05, 0) is 11.6 Å². The van der Waals surface area contributed by atoms with Crippen LogP contribution in [0.1, 0.15) is 5.56 Å². The predicted octanol–water partition coefficient (Wildman–Crippen LogP) is 1.83. The summed E-state index contributed by atoms with van der Waals surface area (Å²) in [5.74, 6) is 0. The van der Waals surface area contributed by atoms with E-state index in [-0.39, 0.29) is 5.28 Å². The molecule has 0 aromatic carbocycles. The fourth-order valence-corrected chi connectivity index (χ4v) is 0.930. The van der Waals surface area contributed by atoms with Crippen LogP contribution in [-0.2, 0) is 0 Å². The van der Waals surface area contributed by atoms with Gasteiger partial charge in [0.15, 0.2) is 0 Å². The van der Waals surface area contributed by atoms with Gasteiger partial charge in [0, 0.05) is 25.0 Å². The summed E-state index contributed by atoms with van der Waals surface area (Å²) in [6.07, 6.45) is 3.09. The van der Waals surface area contributed by atoms with E-state index in [0.29, 0.717) is 10.7 Å². The Morgan fingerprint density at radius 1 is 1.55 bits per heavy atom. The second-order valence-electron chi connectivity index (χ2n) is 1.77. The molecule has 0 fully saturated rings. The van der Waals surface area contributed by atoms with E-state index in [0.717, 1.165) is 0 Å². The van der Waals surface area contributed by atoms with Crippen molar-refractivity contribution in [3.8, 4) is 0 Å². The molecule has 58 valence electrons. The highest BCUT2D eigenvalue weighted by atomic mass is 35.5. The third kappa shape index (κ3) is 2.13. The van der Waals surface area contributed by atoms with Gasteiger partial charge in [-0.2, -0.15) is 0 Å². The van der Waals surface area contributed by atoms with Gasteiger partial charge in [0.25, 0.3) is 0 Å². The van der Waals surface area contributed by atoms with Crippen molar-refractivity contribution in [1.82, 2.24) is 9.97 Å². The average Bonchev–Trinajstić information content (AvgIpc) is 1.95. The number of nitrogens with zero attached hydrogens (tertiary/aromatic N) is 3. The van der Waals surface area contributed by atoms with Crippen molar-refractivity contribution in [3.05, 3.63) is 22.2 Å². The highest BCUT2D eigenvalue weighted by Gasteiger charge is 1.99. The first-order valence-electron chi connectivity index (χ1n) is 2.84. The molecular formula is C6H5Cl2N3. The summed E-state index contributed by atoms with van der Waals surface area (Å²) < 4.78 is 0. The number of hydrogen-bond donors (Lipinski definition) is 0. The summed E-state index contributed by atoms with van der Waals surface area (Å²) in [7, 11) is 1.64. The summed E-state index contributed by atoms with van der Waals surface area (Å²) in [6, 6.07) is 0. The molecule has 0 N–H and O–H groups in total. The zero-order chi connectivity index (χ0) is 8.27. The molecule has 0 spiro atoms. The van der Waals surface area contributed by atoms with Gasteiger partial charge in [-0.25, -0.2) is 9.97 Å². The molecule has 0 atom stereocenters. The first-order chi connectivity index (χ1) is 5.24. The third-order valence-corrected chi connectivity index (χ3v) is 1.49.